The zero-order chi connectivity index (χ0) is 19.2. The van der Waals surface area contributed by atoms with Crippen LogP contribution in [-0.2, 0) is 12.8 Å². The summed E-state index contributed by atoms with van der Waals surface area (Å²) in [5, 5.41) is 1.27. The van der Waals surface area contributed by atoms with Gasteiger partial charge in [0.25, 0.3) is 5.24 Å². The lowest BCUT2D eigenvalue weighted by molar-refractivity contribution is 0.214. The van der Waals surface area contributed by atoms with Crippen LogP contribution in [0.25, 0.3) is 11.0 Å². The third-order valence-electron chi connectivity index (χ3n) is 5.15. The fourth-order valence-corrected chi connectivity index (χ4v) is 4.44. The molecule has 0 radical (unpaired) electrons. The Morgan fingerprint density at radius 3 is 2.58 bits per heavy atom. The number of fused-ring (bicyclic) bond motifs is 3. The number of hydrogen-bond acceptors (Lipinski definition) is 4. The summed E-state index contributed by atoms with van der Waals surface area (Å²) in [5.74, 6) is 0.457. The van der Waals surface area contributed by atoms with Crippen LogP contribution in [0.2, 0.25) is 5.02 Å². The van der Waals surface area contributed by atoms with E-state index in [-0.39, 0.29) is 16.3 Å². The third-order valence-corrected chi connectivity index (χ3v) is 6.68. The van der Waals surface area contributed by atoms with Crippen molar-refractivity contribution in [2.24, 2.45) is 11.3 Å². The van der Waals surface area contributed by atoms with Crippen molar-refractivity contribution in [3.05, 3.63) is 38.7 Å². The number of halogens is 1. The highest BCUT2D eigenvalue weighted by Gasteiger charge is 2.31. The van der Waals surface area contributed by atoms with Crippen LogP contribution < -0.4 is 5.63 Å². The van der Waals surface area contributed by atoms with Gasteiger partial charge in [-0.3, -0.25) is 4.79 Å². The van der Waals surface area contributed by atoms with Gasteiger partial charge < -0.3 is 9.32 Å². The van der Waals surface area contributed by atoms with E-state index in [1.165, 1.54) is 4.90 Å². The minimum Gasteiger partial charge on any atom is -0.422 e. The summed E-state index contributed by atoms with van der Waals surface area (Å²) in [4.78, 5) is 26.7. The molecule has 0 saturated heterocycles. The summed E-state index contributed by atoms with van der Waals surface area (Å²) in [5.41, 5.74) is 2.22. The van der Waals surface area contributed by atoms with Crippen molar-refractivity contribution >= 4 is 39.6 Å². The van der Waals surface area contributed by atoms with E-state index < -0.39 is 0 Å². The number of nitrogens with zero attached hydrogens (tertiary/aromatic N) is 1. The molecule has 1 aliphatic carbocycles. The first kappa shape index (κ1) is 19.3. The Morgan fingerprint density at radius 1 is 1.27 bits per heavy atom. The number of rotatable bonds is 1. The molecule has 0 fully saturated rings. The van der Waals surface area contributed by atoms with E-state index in [1.807, 2.05) is 6.07 Å². The average Bonchev–Trinajstić information content (AvgIpc) is 2.55. The summed E-state index contributed by atoms with van der Waals surface area (Å²) in [7, 11) is 3.37. The second kappa shape index (κ2) is 6.93. The average molecular weight is 394 g/mol. The molecule has 2 aromatic rings. The number of amides is 1. The van der Waals surface area contributed by atoms with Crippen molar-refractivity contribution in [2.45, 2.75) is 44.9 Å². The summed E-state index contributed by atoms with van der Waals surface area (Å²) in [6.07, 6.45) is 2.63. The summed E-state index contributed by atoms with van der Waals surface area (Å²) >= 11 is 7.46. The van der Waals surface area contributed by atoms with Gasteiger partial charge in [0.15, 0.2) is 0 Å². The number of carbonyl (C=O) groups excluding carboxylic acids is 1. The standard InChI is InChI=1S/C20H24ClNO3S/c1-20(2,3)11-6-7-12-13-9-15(21)17(26-19(24)22(4)5)10-16(13)25-18(23)14(12)8-11/h9-11H,6-8H2,1-5H3. The first-order valence-electron chi connectivity index (χ1n) is 8.75. The maximum absolute atomic E-state index is 12.6. The van der Waals surface area contributed by atoms with Crippen molar-refractivity contribution < 1.29 is 9.21 Å². The Labute approximate surface area is 162 Å². The van der Waals surface area contributed by atoms with Crippen LogP contribution in [0.3, 0.4) is 0 Å². The van der Waals surface area contributed by atoms with Crippen LogP contribution in [0, 0.1) is 11.3 Å². The summed E-state index contributed by atoms with van der Waals surface area (Å²) < 4.78 is 5.61. The molecule has 0 saturated carbocycles. The monoisotopic (exact) mass is 393 g/mol. The van der Waals surface area contributed by atoms with Crippen molar-refractivity contribution in [1.82, 2.24) is 4.90 Å². The molecule has 26 heavy (non-hydrogen) atoms. The minimum absolute atomic E-state index is 0.125. The van der Waals surface area contributed by atoms with Gasteiger partial charge in [0.05, 0.1) is 5.02 Å². The Morgan fingerprint density at radius 2 is 1.96 bits per heavy atom. The van der Waals surface area contributed by atoms with Crippen LogP contribution in [0.15, 0.2) is 26.2 Å². The summed E-state index contributed by atoms with van der Waals surface area (Å²) in [6, 6.07) is 3.54. The number of hydrogen-bond donors (Lipinski definition) is 0. The third kappa shape index (κ3) is 3.65. The van der Waals surface area contributed by atoms with Crippen LogP contribution in [0.5, 0.6) is 0 Å². The van der Waals surface area contributed by atoms with Crippen LogP contribution >= 0.6 is 23.4 Å². The van der Waals surface area contributed by atoms with Crippen LogP contribution in [-0.4, -0.2) is 24.2 Å². The fourth-order valence-electron chi connectivity index (χ4n) is 3.46. The second-order valence-corrected chi connectivity index (χ2v) is 9.59. The lowest BCUT2D eigenvalue weighted by Gasteiger charge is -2.34. The zero-order valence-corrected chi connectivity index (χ0v) is 17.4. The Bertz CT molecular complexity index is 927. The van der Waals surface area contributed by atoms with Gasteiger partial charge in [-0.15, -0.1) is 0 Å². The van der Waals surface area contributed by atoms with Crippen molar-refractivity contribution in [3.8, 4) is 0 Å². The van der Waals surface area contributed by atoms with Gasteiger partial charge in [0, 0.05) is 29.9 Å². The normalized spacial score (nSPS) is 17.2. The number of carbonyl (C=O) groups is 1. The molecule has 0 aliphatic heterocycles. The van der Waals surface area contributed by atoms with Gasteiger partial charge >= 0.3 is 5.63 Å². The van der Waals surface area contributed by atoms with Gasteiger partial charge in [0.2, 0.25) is 0 Å². The SMILES string of the molecule is CN(C)C(=O)Sc1cc2oc(=O)c3c(c2cc1Cl)CCC(C(C)(C)C)C3. The Hall–Kier alpha value is -1.46. The highest BCUT2D eigenvalue weighted by atomic mass is 35.5. The minimum atomic E-state index is -0.265. The van der Waals surface area contributed by atoms with Gasteiger partial charge in [-0.05, 0) is 60.1 Å². The molecule has 0 bridgehead atoms. The highest BCUT2D eigenvalue weighted by Crippen LogP contribution is 2.40. The molecular formula is C20H24ClNO3S. The number of benzene rings is 1. The largest absolute Gasteiger partial charge is 0.422 e. The van der Waals surface area contributed by atoms with E-state index in [1.54, 1.807) is 20.2 Å². The molecule has 1 amide bonds. The van der Waals surface area contributed by atoms with Gasteiger partial charge in [-0.25, -0.2) is 4.79 Å². The predicted molar refractivity (Wildman–Crippen MR) is 107 cm³/mol. The van der Waals surface area contributed by atoms with Gasteiger partial charge in [0.1, 0.15) is 5.58 Å². The van der Waals surface area contributed by atoms with E-state index >= 15 is 0 Å². The van der Waals surface area contributed by atoms with Crippen LogP contribution in [0.4, 0.5) is 4.79 Å². The van der Waals surface area contributed by atoms with Crippen molar-refractivity contribution in [3.63, 3.8) is 0 Å². The molecule has 1 atom stereocenters. The molecule has 6 heteroatoms. The fraction of sp³-hybridized carbons (Fsp3) is 0.500. The number of aryl methyl sites for hydroxylation is 1. The maximum Gasteiger partial charge on any atom is 0.339 e. The van der Waals surface area contributed by atoms with Crippen LogP contribution in [0.1, 0.15) is 38.3 Å². The van der Waals surface area contributed by atoms with Crippen molar-refractivity contribution in [2.75, 3.05) is 14.1 Å². The molecule has 1 heterocycles. The maximum atomic E-state index is 12.6. The Kier molecular flexibility index (Phi) is 5.15. The predicted octanol–water partition coefficient (Wildman–Crippen LogP) is 5.37. The van der Waals surface area contributed by atoms with E-state index in [2.05, 4.69) is 20.8 Å². The Balaban J connectivity index is 2.07. The molecule has 1 aliphatic rings. The quantitative estimate of drug-likeness (QED) is 0.482. The molecule has 1 unspecified atom stereocenters. The molecule has 140 valence electrons. The van der Waals surface area contributed by atoms with E-state index in [0.29, 0.717) is 21.4 Å². The molecular weight excluding hydrogens is 370 g/mol. The van der Waals surface area contributed by atoms with Crippen molar-refractivity contribution in [1.29, 1.82) is 0 Å². The number of thioether (sulfide) groups is 1. The zero-order valence-electron chi connectivity index (χ0n) is 15.8. The van der Waals surface area contributed by atoms with E-state index in [9.17, 15) is 9.59 Å². The molecule has 4 nitrogen and oxygen atoms in total. The van der Waals surface area contributed by atoms with Gasteiger partial charge in [-0.1, -0.05) is 32.4 Å². The molecule has 1 aromatic heterocycles. The second-order valence-electron chi connectivity index (χ2n) is 8.19. The van der Waals surface area contributed by atoms with Gasteiger partial charge in [-0.2, -0.15) is 0 Å². The molecule has 3 rings (SSSR count). The first-order valence-corrected chi connectivity index (χ1v) is 9.94. The molecule has 0 N–H and O–H groups in total. The first-order chi connectivity index (χ1) is 12.1. The van der Waals surface area contributed by atoms with E-state index in [0.717, 1.165) is 47.5 Å². The lowest BCUT2D eigenvalue weighted by atomic mass is 9.70. The summed E-state index contributed by atoms with van der Waals surface area (Å²) in [6.45, 7) is 6.65. The smallest absolute Gasteiger partial charge is 0.339 e. The molecule has 0 spiro atoms. The highest BCUT2D eigenvalue weighted by molar-refractivity contribution is 8.13. The molecule has 1 aromatic carbocycles. The topological polar surface area (TPSA) is 50.5 Å². The van der Waals surface area contributed by atoms with E-state index in [4.69, 9.17) is 16.0 Å². The lowest BCUT2D eigenvalue weighted by Crippen LogP contribution is -2.30.